The first kappa shape index (κ1) is 13.3. The average Bonchev–Trinajstić information content (AvgIpc) is 3.17. The Labute approximate surface area is 120 Å². The van der Waals surface area contributed by atoms with Crippen molar-refractivity contribution in [2.45, 2.75) is 52.2 Å². The van der Waals surface area contributed by atoms with Crippen molar-refractivity contribution in [3.63, 3.8) is 0 Å². The van der Waals surface area contributed by atoms with E-state index in [4.69, 9.17) is 0 Å². The quantitative estimate of drug-likeness (QED) is 0.877. The van der Waals surface area contributed by atoms with Crippen molar-refractivity contribution in [1.29, 1.82) is 0 Å². The molecule has 1 aromatic heterocycles. The van der Waals surface area contributed by atoms with Gasteiger partial charge in [-0.05, 0) is 43.4 Å². The molecule has 1 fully saturated rings. The van der Waals surface area contributed by atoms with Gasteiger partial charge in [-0.2, -0.15) is 0 Å². The maximum absolute atomic E-state index is 4.19. The van der Waals surface area contributed by atoms with E-state index in [9.17, 15) is 0 Å². The first-order valence-corrected chi connectivity index (χ1v) is 7.49. The summed E-state index contributed by atoms with van der Waals surface area (Å²) in [6.45, 7) is 6.18. The number of hydrogen-bond donors (Lipinski definition) is 1. The van der Waals surface area contributed by atoms with Crippen molar-refractivity contribution in [2.24, 2.45) is 0 Å². The Hall–Kier alpha value is -1.68. The van der Waals surface area contributed by atoms with E-state index in [1.165, 1.54) is 29.5 Å². The maximum atomic E-state index is 4.19. The first-order valence-electron chi connectivity index (χ1n) is 7.49. The lowest BCUT2D eigenvalue weighted by molar-refractivity contribution is 0.584. The fraction of sp³-hybridized carbons (Fsp3) is 0.500. The van der Waals surface area contributed by atoms with Gasteiger partial charge >= 0.3 is 0 Å². The van der Waals surface area contributed by atoms with Gasteiger partial charge in [0.2, 0.25) is 0 Å². The molecule has 0 aliphatic heterocycles. The Morgan fingerprint density at radius 3 is 2.95 bits per heavy atom. The number of rotatable bonds is 6. The van der Waals surface area contributed by atoms with Crippen LogP contribution in [0.25, 0.3) is 11.3 Å². The van der Waals surface area contributed by atoms with Gasteiger partial charge in [0.15, 0.2) is 0 Å². The van der Waals surface area contributed by atoms with Gasteiger partial charge in [0.1, 0.15) is 0 Å². The second kappa shape index (κ2) is 5.75. The van der Waals surface area contributed by atoms with Crippen LogP contribution in [-0.4, -0.2) is 21.0 Å². The van der Waals surface area contributed by atoms with Gasteiger partial charge in [-0.3, -0.25) is 0 Å². The van der Waals surface area contributed by atoms with E-state index in [-0.39, 0.29) is 0 Å². The molecule has 20 heavy (non-hydrogen) atoms. The Kier molecular flexibility index (Phi) is 3.83. The summed E-state index contributed by atoms with van der Waals surface area (Å²) in [4.78, 5) is 0. The van der Waals surface area contributed by atoms with Crippen molar-refractivity contribution < 1.29 is 0 Å². The number of nitrogens with zero attached hydrogens (tertiary/aromatic N) is 3. The topological polar surface area (TPSA) is 42.7 Å². The summed E-state index contributed by atoms with van der Waals surface area (Å²) >= 11 is 0. The first-order chi connectivity index (χ1) is 9.78. The summed E-state index contributed by atoms with van der Waals surface area (Å²) in [5.74, 6) is 0. The molecule has 1 N–H and O–H groups in total. The van der Waals surface area contributed by atoms with E-state index < -0.39 is 0 Å². The highest BCUT2D eigenvalue weighted by Gasteiger charge is 2.20. The molecule has 0 saturated heterocycles. The van der Waals surface area contributed by atoms with Crippen molar-refractivity contribution in [3.8, 4) is 11.3 Å². The molecule has 0 spiro atoms. The van der Waals surface area contributed by atoms with Crippen LogP contribution in [0.1, 0.15) is 37.3 Å². The van der Waals surface area contributed by atoms with Crippen LogP contribution in [0.5, 0.6) is 0 Å². The van der Waals surface area contributed by atoms with Crippen LogP contribution < -0.4 is 5.32 Å². The molecular weight excluding hydrogens is 248 g/mol. The second-order valence-electron chi connectivity index (χ2n) is 5.65. The van der Waals surface area contributed by atoms with Crippen LogP contribution in [0.4, 0.5) is 0 Å². The molecule has 4 heteroatoms. The zero-order chi connectivity index (χ0) is 13.9. The highest BCUT2D eigenvalue weighted by atomic mass is 15.4. The van der Waals surface area contributed by atoms with E-state index in [1.54, 1.807) is 0 Å². The van der Waals surface area contributed by atoms with Gasteiger partial charge in [-0.15, -0.1) is 5.10 Å². The SMILES string of the molecule is CCCn1nncc1-c1cc(CNC2CC2)ccc1C. The normalized spacial score (nSPS) is 14.7. The standard InChI is InChI=1S/C16H22N4/c1-3-8-20-16(11-18-19-20)15-9-13(5-4-12(15)2)10-17-14-6-7-14/h4-5,9,11,14,17H,3,6-8,10H2,1-2H3. The van der Waals surface area contributed by atoms with Crippen LogP contribution in [0.3, 0.4) is 0 Å². The monoisotopic (exact) mass is 270 g/mol. The Morgan fingerprint density at radius 2 is 2.20 bits per heavy atom. The maximum Gasteiger partial charge on any atom is 0.0888 e. The third kappa shape index (κ3) is 2.90. The highest BCUT2D eigenvalue weighted by molar-refractivity contribution is 5.63. The van der Waals surface area contributed by atoms with E-state index in [1.807, 2.05) is 10.9 Å². The van der Waals surface area contributed by atoms with Gasteiger partial charge < -0.3 is 5.32 Å². The van der Waals surface area contributed by atoms with Crippen molar-refractivity contribution in [3.05, 3.63) is 35.5 Å². The van der Waals surface area contributed by atoms with Crippen molar-refractivity contribution in [2.75, 3.05) is 0 Å². The molecule has 1 saturated carbocycles. The molecule has 4 nitrogen and oxygen atoms in total. The van der Waals surface area contributed by atoms with Crippen LogP contribution in [-0.2, 0) is 13.1 Å². The molecule has 3 rings (SSSR count). The third-order valence-electron chi connectivity index (χ3n) is 3.80. The second-order valence-corrected chi connectivity index (χ2v) is 5.65. The van der Waals surface area contributed by atoms with Crippen LogP contribution >= 0.6 is 0 Å². The third-order valence-corrected chi connectivity index (χ3v) is 3.80. The number of aromatic nitrogens is 3. The van der Waals surface area contributed by atoms with E-state index in [0.29, 0.717) is 0 Å². The largest absolute Gasteiger partial charge is 0.310 e. The lowest BCUT2D eigenvalue weighted by atomic mass is 10.0. The Balaban J connectivity index is 1.86. The average molecular weight is 270 g/mol. The summed E-state index contributed by atoms with van der Waals surface area (Å²) in [6.07, 6.45) is 5.59. The molecule has 1 heterocycles. The molecule has 0 radical (unpaired) electrons. The van der Waals surface area contributed by atoms with E-state index >= 15 is 0 Å². The van der Waals surface area contributed by atoms with Crippen LogP contribution in [0, 0.1) is 6.92 Å². The van der Waals surface area contributed by atoms with Gasteiger partial charge in [0.25, 0.3) is 0 Å². The van der Waals surface area contributed by atoms with Gasteiger partial charge in [-0.1, -0.05) is 24.3 Å². The van der Waals surface area contributed by atoms with Crippen LogP contribution in [0.15, 0.2) is 24.4 Å². The van der Waals surface area contributed by atoms with Gasteiger partial charge in [0.05, 0.1) is 11.9 Å². The summed E-state index contributed by atoms with van der Waals surface area (Å²) in [7, 11) is 0. The number of aryl methyl sites for hydroxylation is 2. The predicted octanol–water partition coefficient (Wildman–Crippen LogP) is 2.92. The zero-order valence-electron chi connectivity index (χ0n) is 12.3. The minimum atomic E-state index is 0.743. The molecule has 1 aliphatic carbocycles. The van der Waals surface area contributed by atoms with Crippen molar-refractivity contribution >= 4 is 0 Å². The number of hydrogen-bond acceptors (Lipinski definition) is 3. The van der Waals surface area contributed by atoms with E-state index in [2.05, 4.69) is 47.7 Å². The summed E-state index contributed by atoms with van der Waals surface area (Å²) < 4.78 is 2.00. The predicted molar refractivity (Wildman–Crippen MR) is 80.3 cm³/mol. The van der Waals surface area contributed by atoms with Gasteiger partial charge in [-0.25, -0.2) is 4.68 Å². The smallest absolute Gasteiger partial charge is 0.0888 e. The Morgan fingerprint density at radius 1 is 1.35 bits per heavy atom. The van der Waals surface area contributed by atoms with E-state index in [0.717, 1.165) is 31.2 Å². The molecule has 2 aromatic rings. The molecule has 0 unspecified atom stereocenters. The summed E-state index contributed by atoms with van der Waals surface area (Å²) in [5.41, 5.74) is 4.98. The number of benzene rings is 1. The number of nitrogens with one attached hydrogen (secondary N) is 1. The molecule has 1 aromatic carbocycles. The van der Waals surface area contributed by atoms with Crippen LogP contribution in [0.2, 0.25) is 0 Å². The molecule has 1 aliphatic rings. The fourth-order valence-corrected chi connectivity index (χ4v) is 2.45. The fourth-order valence-electron chi connectivity index (χ4n) is 2.45. The highest BCUT2D eigenvalue weighted by Crippen LogP contribution is 2.25. The van der Waals surface area contributed by atoms with Gasteiger partial charge in [0, 0.05) is 24.7 Å². The minimum absolute atomic E-state index is 0.743. The summed E-state index contributed by atoms with van der Waals surface area (Å²) in [5, 5.41) is 11.8. The molecule has 0 atom stereocenters. The molecular formula is C16H22N4. The van der Waals surface area contributed by atoms with Crippen molar-refractivity contribution in [1.82, 2.24) is 20.3 Å². The zero-order valence-corrected chi connectivity index (χ0v) is 12.3. The molecule has 0 amide bonds. The Bertz CT molecular complexity index is 584. The lowest BCUT2D eigenvalue weighted by Crippen LogP contribution is -2.15. The minimum Gasteiger partial charge on any atom is -0.310 e. The molecule has 106 valence electrons. The molecule has 0 bridgehead atoms. The summed E-state index contributed by atoms with van der Waals surface area (Å²) in [6, 6.07) is 7.42. The lowest BCUT2D eigenvalue weighted by Gasteiger charge is -2.11.